The quantitative estimate of drug-likeness (QED) is 0.442. The molecule has 0 unspecified atom stereocenters. The minimum absolute atomic E-state index is 0.103. The molecule has 2 N–H and O–H groups in total. The van der Waals surface area contributed by atoms with Gasteiger partial charge in [0, 0.05) is 40.1 Å². The summed E-state index contributed by atoms with van der Waals surface area (Å²) in [6.45, 7) is 2.90. The van der Waals surface area contributed by atoms with Gasteiger partial charge in [-0.15, -0.1) is 0 Å². The van der Waals surface area contributed by atoms with Gasteiger partial charge in [0.05, 0.1) is 4.90 Å². The summed E-state index contributed by atoms with van der Waals surface area (Å²) in [5.41, 5.74) is 3.25. The highest BCUT2D eigenvalue weighted by molar-refractivity contribution is 7.92. The molecule has 3 aromatic carbocycles. The zero-order valence-electron chi connectivity index (χ0n) is 16.2. The average molecular weight is 420 g/mol. The van der Waals surface area contributed by atoms with E-state index >= 15 is 0 Å². The Balaban J connectivity index is 1.68. The summed E-state index contributed by atoms with van der Waals surface area (Å²) in [6, 6.07) is 19.6. The molecule has 1 heterocycles. The number of aliphatic carboxylic acids is 1. The maximum absolute atomic E-state index is 12.8. The van der Waals surface area contributed by atoms with Crippen molar-refractivity contribution in [2.45, 2.75) is 18.4 Å². The van der Waals surface area contributed by atoms with Gasteiger partial charge in [0.2, 0.25) is 0 Å². The molecule has 0 saturated heterocycles. The van der Waals surface area contributed by atoms with E-state index < -0.39 is 16.0 Å². The Morgan fingerprint density at radius 3 is 2.40 bits per heavy atom. The smallest absolute Gasteiger partial charge is 0.328 e. The van der Waals surface area contributed by atoms with Crippen molar-refractivity contribution in [3.8, 4) is 0 Å². The number of aromatic nitrogens is 1. The predicted octanol–water partition coefficient (Wildman–Crippen LogP) is 4.71. The number of carboxylic acid groups (broad SMARTS) is 1. The minimum atomic E-state index is -3.78. The summed E-state index contributed by atoms with van der Waals surface area (Å²) in [4.78, 5) is 10.7. The fraction of sp³-hybridized carbons (Fsp3) is 0.0870. The molecule has 4 aromatic rings. The monoisotopic (exact) mass is 420 g/mol. The predicted molar refractivity (Wildman–Crippen MR) is 119 cm³/mol. The van der Waals surface area contributed by atoms with Crippen molar-refractivity contribution in [3.63, 3.8) is 0 Å². The number of carboxylic acids is 1. The van der Waals surface area contributed by atoms with Gasteiger partial charge in [-0.25, -0.2) is 13.2 Å². The summed E-state index contributed by atoms with van der Waals surface area (Å²) in [6.07, 6.45) is 2.41. The fourth-order valence-corrected chi connectivity index (χ4v) is 4.65. The Morgan fingerprint density at radius 1 is 1.00 bits per heavy atom. The van der Waals surface area contributed by atoms with Crippen LogP contribution in [0.1, 0.15) is 12.5 Å². The van der Waals surface area contributed by atoms with E-state index in [0.717, 1.165) is 34.4 Å². The summed E-state index contributed by atoms with van der Waals surface area (Å²) in [7, 11) is -3.78. The molecule has 0 radical (unpaired) electrons. The molecule has 0 amide bonds. The highest BCUT2D eigenvalue weighted by Gasteiger charge is 2.16. The SMILES string of the molecule is CCn1c2ccccc2c2cc(NS(=O)(=O)c3ccc(/C=C/C(=O)O)cc3)ccc21. The van der Waals surface area contributed by atoms with Crippen LogP contribution in [0.15, 0.2) is 77.7 Å². The minimum Gasteiger partial charge on any atom is -0.478 e. The van der Waals surface area contributed by atoms with Crippen molar-refractivity contribution in [2.24, 2.45) is 0 Å². The molecule has 0 atom stereocenters. The molecular formula is C23H20N2O4S. The topological polar surface area (TPSA) is 88.4 Å². The first-order chi connectivity index (χ1) is 14.4. The van der Waals surface area contributed by atoms with E-state index in [9.17, 15) is 13.2 Å². The van der Waals surface area contributed by atoms with Crippen LogP contribution in [-0.2, 0) is 21.4 Å². The van der Waals surface area contributed by atoms with Crippen LogP contribution in [0.5, 0.6) is 0 Å². The van der Waals surface area contributed by atoms with Crippen molar-refractivity contribution in [2.75, 3.05) is 4.72 Å². The van der Waals surface area contributed by atoms with E-state index in [1.54, 1.807) is 18.2 Å². The lowest BCUT2D eigenvalue weighted by Crippen LogP contribution is -2.12. The third-order valence-electron chi connectivity index (χ3n) is 4.95. The summed E-state index contributed by atoms with van der Waals surface area (Å²) < 4.78 is 30.5. The van der Waals surface area contributed by atoms with Gasteiger partial charge in [-0.2, -0.15) is 0 Å². The van der Waals surface area contributed by atoms with E-state index in [4.69, 9.17) is 5.11 Å². The van der Waals surface area contributed by atoms with Crippen LogP contribution in [0.4, 0.5) is 5.69 Å². The number of nitrogens with one attached hydrogen (secondary N) is 1. The van der Waals surface area contributed by atoms with Gasteiger partial charge in [0.15, 0.2) is 0 Å². The van der Waals surface area contributed by atoms with E-state index in [0.29, 0.717) is 11.3 Å². The first-order valence-electron chi connectivity index (χ1n) is 9.44. The lowest BCUT2D eigenvalue weighted by atomic mass is 10.1. The van der Waals surface area contributed by atoms with Crippen molar-refractivity contribution in [1.29, 1.82) is 0 Å². The van der Waals surface area contributed by atoms with Gasteiger partial charge in [-0.05, 0) is 55.0 Å². The van der Waals surface area contributed by atoms with Crippen LogP contribution >= 0.6 is 0 Å². The first kappa shape index (κ1) is 19.7. The molecule has 6 nitrogen and oxygen atoms in total. The summed E-state index contributed by atoms with van der Waals surface area (Å²) in [5, 5.41) is 10.7. The summed E-state index contributed by atoms with van der Waals surface area (Å²) in [5.74, 6) is -1.06. The van der Waals surface area contributed by atoms with Crippen LogP contribution in [-0.4, -0.2) is 24.1 Å². The number of para-hydroxylation sites is 1. The molecule has 0 aliphatic heterocycles. The van der Waals surface area contributed by atoms with Gasteiger partial charge in [-0.1, -0.05) is 30.3 Å². The standard InChI is InChI=1S/C23H20N2O4S/c1-2-25-21-6-4-3-5-19(21)20-15-17(10-13-22(20)25)24-30(28,29)18-11-7-16(8-12-18)9-14-23(26)27/h3-15,24H,2H2,1H3,(H,26,27)/b14-9+. The van der Waals surface area contributed by atoms with Gasteiger partial charge in [-0.3, -0.25) is 4.72 Å². The molecule has 0 fully saturated rings. The van der Waals surface area contributed by atoms with E-state index in [1.165, 1.54) is 18.2 Å². The Bertz CT molecular complexity index is 1380. The Morgan fingerprint density at radius 2 is 1.70 bits per heavy atom. The molecule has 0 saturated carbocycles. The number of aryl methyl sites for hydroxylation is 1. The van der Waals surface area contributed by atoms with E-state index in [-0.39, 0.29) is 4.90 Å². The van der Waals surface area contributed by atoms with Gasteiger partial charge < -0.3 is 9.67 Å². The number of fused-ring (bicyclic) bond motifs is 3. The second-order valence-electron chi connectivity index (χ2n) is 6.84. The molecule has 7 heteroatoms. The molecule has 152 valence electrons. The molecule has 0 aliphatic carbocycles. The third kappa shape index (κ3) is 3.67. The Hall–Kier alpha value is -3.58. The molecule has 30 heavy (non-hydrogen) atoms. The third-order valence-corrected chi connectivity index (χ3v) is 6.35. The average Bonchev–Trinajstić information content (AvgIpc) is 3.05. The lowest BCUT2D eigenvalue weighted by Gasteiger charge is -2.09. The Labute approximate surface area is 174 Å². The normalized spacial score (nSPS) is 12.0. The van der Waals surface area contributed by atoms with Crippen LogP contribution < -0.4 is 4.72 Å². The highest BCUT2D eigenvalue weighted by Crippen LogP contribution is 2.31. The van der Waals surface area contributed by atoms with Gasteiger partial charge in [0.1, 0.15) is 0 Å². The second kappa shape index (κ2) is 7.68. The number of hydrogen-bond acceptors (Lipinski definition) is 3. The molecule has 4 rings (SSSR count). The molecule has 1 aromatic heterocycles. The van der Waals surface area contributed by atoms with Crippen LogP contribution in [0, 0.1) is 0 Å². The Kier molecular flexibility index (Phi) is 5.05. The first-order valence-corrected chi connectivity index (χ1v) is 10.9. The van der Waals surface area contributed by atoms with Crippen LogP contribution in [0.25, 0.3) is 27.9 Å². The number of benzene rings is 3. The van der Waals surface area contributed by atoms with Crippen LogP contribution in [0.2, 0.25) is 0 Å². The van der Waals surface area contributed by atoms with Crippen LogP contribution in [0.3, 0.4) is 0 Å². The fourth-order valence-electron chi connectivity index (χ4n) is 3.60. The van der Waals surface area contributed by atoms with Gasteiger partial charge >= 0.3 is 5.97 Å². The van der Waals surface area contributed by atoms with Crippen molar-refractivity contribution < 1.29 is 18.3 Å². The summed E-state index contributed by atoms with van der Waals surface area (Å²) >= 11 is 0. The number of hydrogen-bond donors (Lipinski definition) is 2. The molecule has 0 spiro atoms. The zero-order valence-corrected chi connectivity index (χ0v) is 17.1. The molecule has 0 bridgehead atoms. The number of rotatable bonds is 6. The van der Waals surface area contributed by atoms with Gasteiger partial charge in [0.25, 0.3) is 10.0 Å². The zero-order chi connectivity index (χ0) is 21.3. The molecule has 0 aliphatic rings. The molecular weight excluding hydrogens is 400 g/mol. The maximum atomic E-state index is 12.8. The number of nitrogens with zero attached hydrogens (tertiary/aromatic N) is 1. The van der Waals surface area contributed by atoms with E-state index in [1.807, 2.05) is 30.3 Å². The largest absolute Gasteiger partial charge is 0.478 e. The maximum Gasteiger partial charge on any atom is 0.328 e. The van der Waals surface area contributed by atoms with Crippen molar-refractivity contribution in [1.82, 2.24) is 4.57 Å². The number of sulfonamides is 1. The lowest BCUT2D eigenvalue weighted by molar-refractivity contribution is -0.131. The highest BCUT2D eigenvalue weighted by atomic mass is 32.2. The number of anilines is 1. The van der Waals surface area contributed by atoms with E-state index in [2.05, 4.69) is 22.3 Å². The number of carbonyl (C=O) groups is 1. The second-order valence-corrected chi connectivity index (χ2v) is 8.52. The van der Waals surface area contributed by atoms with Crippen molar-refractivity contribution >= 4 is 49.6 Å². The van der Waals surface area contributed by atoms with Crippen molar-refractivity contribution in [3.05, 3.63) is 78.4 Å².